The van der Waals surface area contributed by atoms with Crippen molar-refractivity contribution in [3.8, 4) is 0 Å². The summed E-state index contributed by atoms with van der Waals surface area (Å²) in [6, 6.07) is 16.0. The summed E-state index contributed by atoms with van der Waals surface area (Å²) in [4.78, 5) is 23.6. The van der Waals surface area contributed by atoms with Crippen LogP contribution in [0.2, 0.25) is 0 Å². The minimum Gasteiger partial charge on any atom is -0.477 e. The molecule has 0 aliphatic heterocycles. The number of carbonyl (C=O) groups excluding carboxylic acids is 1. The highest BCUT2D eigenvalue weighted by molar-refractivity contribution is 6.04. The third-order valence-corrected chi connectivity index (χ3v) is 3.35. The van der Waals surface area contributed by atoms with Gasteiger partial charge < -0.3 is 10.4 Å². The molecule has 1 amide bonds. The van der Waals surface area contributed by atoms with Crippen molar-refractivity contribution in [2.45, 2.75) is 13.8 Å². The smallest absolute Gasteiger partial charge is 0.352 e. The molecule has 2 rings (SSSR count). The molecule has 2 aromatic rings. The van der Waals surface area contributed by atoms with E-state index in [0.717, 1.165) is 11.1 Å². The molecule has 0 heterocycles. The fraction of sp³-hybridized carbons (Fsp3) is 0.111. The van der Waals surface area contributed by atoms with Crippen LogP contribution >= 0.6 is 0 Å². The number of carboxylic acid groups (broad SMARTS) is 1. The van der Waals surface area contributed by atoms with Crippen LogP contribution in [0.25, 0.3) is 5.57 Å². The van der Waals surface area contributed by atoms with E-state index in [0.29, 0.717) is 11.1 Å². The summed E-state index contributed by atoms with van der Waals surface area (Å²) >= 11 is 0. The molecule has 0 aliphatic rings. The molecule has 0 spiro atoms. The summed E-state index contributed by atoms with van der Waals surface area (Å²) in [5.41, 5.74) is 2.66. The molecule has 0 aromatic heterocycles. The van der Waals surface area contributed by atoms with Gasteiger partial charge in [-0.15, -0.1) is 0 Å². The van der Waals surface area contributed by atoms with Crippen molar-refractivity contribution in [3.05, 3.63) is 77.0 Å². The van der Waals surface area contributed by atoms with E-state index >= 15 is 0 Å². The lowest BCUT2D eigenvalue weighted by atomic mass is 10.0. The van der Waals surface area contributed by atoms with Crippen LogP contribution in [-0.2, 0) is 4.79 Å². The van der Waals surface area contributed by atoms with Gasteiger partial charge in [0.05, 0.1) is 0 Å². The van der Waals surface area contributed by atoms with Crippen molar-refractivity contribution in [1.29, 1.82) is 0 Å². The number of benzene rings is 2. The molecule has 2 aromatic carbocycles. The molecule has 0 fully saturated rings. The summed E-state index contributed by atoms with van der Waals surface area (Å²) in [5, 5.41) is 11.9. The van der Waals surface area contributed by atoms with Crippen molar-refractivity contribution in [2.75, 3.05) is 0 Å². The van der Waals surface area contributed by atoms with Gasteiger partial charge in [0.15, 0.2) is 0 Å². The van der Waals surface area contributed by atoms with Gasteiger partial charge in [-0.3, -0.25) is 4.79 Å². The highest BCUT2D eigenvalue weighted by Gasteiger charge is 2.16. The fourth-order valence-corrected chi connectivity index (χ4v) is 2.03. The highest BCUT2D eigenvalue weighted by Crippen LogP contribution is 2.18. The van der Waals surface area contributed by atoms with Gasteiger partial charge in [-0.2, -0.15) is 0 Å². The zero-order valence-corrected chi connectivity index (χ0v) is 12.5. The Morgan fingerprint density at radius 3 is 2.05 bits per heavy atom. The third kappa shape index (κ3) is 3.61. The number of hydrogen-bond donors (Lipinski definition) is 2. The van der Waals surface area contributed by atoms with E-state index in [1.165, 1.54) is 0 Å². The second-order valence-corrected chi connectivity index (χ2v) is 4.99. The molecular formula is C18H17NO3. The number of carbonyl (C=O) groups is 2. The second-order valence-electron chi connectivity index (χ2n) is 4.99. The first kappa shape index (κ1) is 15.5. The Kier molecular flexibility index (Phi) is 4.73. The van der Waals surface area contributed by atoms with Crippen LogP contribution in [0.15, 0.2) is 60.3 Å². The molecule has 112 valence electrons. The van der Waals surface area contributed by atoms with Crippen LogP contribution in [0, 0.1) is 6.92 Å². The van der Waals surface area contributed by atoms with Gasteiger partial charge in [-0.25, -0.2) is 4.79 Å². The molecule has 0 atom stereocenters. The van der Waals surface area contributed by atoms with Crippen LogP contribution in [-0.4, -0.2) is 17.0 Å². The van der Waals surface area contributed by atoms with Gasteiger partial charge in [0, 0.05) is 5.56 Å². The third-order valence-electron chi connectivity index (χ3n) is 3.35. The Balaban J connectivity index is 2.33. The fourth-order valence-electron chi connectivity index (χ4n) is 2.03. The van der Waals surface area contributed by atoms with Gasteiger partial charge in [-0.1, -0.05) is 48.0 Å². The van der Waals surface area contributed by atoms with Crippen molar-refractivity contribution in [2.24, 2.45) is 0 Å². The maximum Gasteiger partial charge on any atom is 0.352 e. The van der Waals surface area contributed by atoms with E-state index in [1.54, 1.807) is 37.3 Å². The predicted octanol–water partition coefficient (Wildman–Crippen LogP) is 3.24. The van der Waals surface area contributed by atoms with E-state index in [2.05, 4.69) is 5.32 Å². The van der Waals surface area contributed by atoms with Crippen LogP contribution in [0.3, 0.4) is 0 Å². The average molecular weight is 295 g/mol. The lowest BCUT2D eigenvalue weighted by molar-refractivity contribution is -0.132. The van der Waals surface area contributed by atoms with Crippen molar-refractivity contribution in [1.82, 2.24) is 5.32 Å². The Hall–Kier alpha value is -2.88. The number of nitrogens with one attached hydrogen (secondary N) is 1. The molecule has 0 saturated heterocycles. The van der Waals surface area contributed by atoms with E-state index < -0.39 is 11.9 Å². The summed E-state index contributed by atoms with van der Waals surface area (Å²) in [6.07, 6.45) is 0. The Morgan fingerprint density at radius 2 is 1.50 bits per heavy atom. The van der Waals surface area contributed by atoms with Gasteiger partial charge >= 0.3 is 5.97 Å². The first-order valence-corrected chi connectivity index (χ1v) is 6.86. The van der Waals surface area contributed by atoms with E-state index in [-0.39, 0.29) is 5.70 Å². The largest absolute Gasteiger partial charge is 0.477 e. The van der Waals surface area contributed by atoms with Crippen molar-refractivity contribution < 1.29 is 14.7 Å². The Morgan fingerprint density at radius 1 is 0.909 bits per heavy atom. The maximum absolute atomic E-state index is 12.1. The summed E-state index contributed by atoms with van der Waals surface area (Å²) in [7, 11) is 0. The Labute approximate surface area is 129 Å². The molecule has 0 unspecified atom stereocenters. The van der Waals surface area contributed by atoms with E-state index in [9.17, 15) is 14.7 Å². The SMILES string of the molecule is C/C(=C(\NC(=O)c1ccccc1)C(=O)O)c1ccc(C)cc1. The normalized spacial score (nSPS) is 11.5. The van der Waals surface area contributed by atoms with Gasteiger partial charge in [0.25, 0.3) is 5.91 Å². The Bertz CT molecular complexity index is 716. The summed E-state index contributed by atoms with van der Waals surface area (Å²) < 4.78 is 0. The molecular weight excluding hydrogens is 278 g/mol. The summed E-state index contributed by atoms with van der Waals surface area (Å²) in [6.45, 7) is 3.64. The van der Waals surface area contributed by atoms with Crippen molar-refractivity contribution >= 4 is 17.4 Å². The van der Waals surface area contributed by atoms with E-state index in [4.69, 9.17) is 0 Å². The van der Waals surface area contributed by atoms with Crippen LogP contribution in [0.1, 0.15) is 28.4 Å². The molecule has 4 nitrogen and oxygen atoms in total. The predicted molar refractivity (Wildman–Crippen MR) is 85.3 cm³/mol. The van der Waals surface area contributed by atoms with Gasteiger partial charge in [0.1, 0.15) is 5.70 Å². The number of amides is 1. The molecule has 0 aliphatic carbocycles. The monoisotopic (exact) mass is 295 g/mol. The number of hydrogen-bond acceptors (Lipinski definition) is 2. The average Bonchev–Trinajstić information content (AvgIpc) is 2.53. The van der Waals surface area contributed by atoms with Crippen LogP contribution in [0.4, 0.5) is 0 Å². The molecule has 2 N–H and O–H groups in total. The molecule has 4 heteroatoms. The number of aryl methyl sites for hydroxylation is 1. The molecule has 0 bridgehead atoms. The number of aliphatic carboxylic acids is 1. The quantitative estimate of drug-likeness (QED) is 0.851. The van der Waals surface area contributed by atoms with Gasteiger partial charge in [-0.05, 0) is 37.1 Å². The lowest BCUT2D eigenvalue weighted by Gasteiger charge is -2.11. The first-order chi connectivity index (χ1) is 10.5. The summed E-state index contributed by atoms with van der Waals surface area (Å²) in [5.74, 6) is -1.60. The first-order valence-electron chi connectivity index (χ1n) is 6.86. The van der Waals surface area contributed by atoms with Crippen LogP contribution in [0.5, 0.6) is 0 Å². The van der Waals surface area contributed by atoms with Gasteiger partial charge in [0.2, 0.25) is 0 Å². The molecule has 0 saturated carbocycles. The molecule has 0 radical (unpaired) electrons. The standard InChI is InChI=1S/C18H17NO3/c1-12-8-10-14(11-9-12)13(2)16(18(21)22)19-17(20)15-6-4-3-5-7-15/h3-11H,1-2H3,(H,19,20)(H,21,22)/b16-13+. The van der Waals surface area contributed by atoms with E-state index in [1.807, 2.05) is 31.2 Å². The van der Waals surface area contributed by atoms with Crippen LogP contribution < -0.4 is 5.32 Å². The number of allylic oxidation sites excluding steroid dienone is 1. The van der Waals surface area contributed by atoms with Crippen molar-refractivity contribution in [3.63, 3.8) is 0 Å². The second kappa shape index (κ2) is 6.72. The molecule has 22 heavy (non-hydrogen) atoms. The maximum atomic E-state index is 12.1. The minimum absolute atomic E-state index is 0.113. The topological polar surface area (TPSA) is 66.4 Å². The number of carboxylic acids is 1. The minimum atomic E-state index is -1.16. The zero-order valence-electron chi connectivity index (χ0n) is 12.5. The number of rotatable bonds is 4. The highest BCUT2D eigenvalue weighted by atomic mass is 16.4. The zero-order chi connectivity index (χ0) is 16.1. The lowest BCUT2D eigenvalue weighted by Crippen LogP contribution is -2.28.